The van der Waals surface area contributed by atoms with Crippen LogP contribution < -0.4 is 9.47 Å². The van der Waals surface area contributed by atoms with Crippen molar-refractivity contribution < 1.29 is 13.9 Å². The number of aromatic nitrogens is 3. The van der Waals surface area contributed by atoms with Crippen molar-refractivity contribution in [3.8, 4) is 22.8 Å². The van der Waals surface area contributed by atoms with E-state index in [-0.39, 0.29) is 0 Å². The van der Waals surface area contributed by atoms with Crippen LogP contribution in [0.15, 0.2) is 36.8 Å². The van der Waals surface area contributed by atoms with Crippen molar-refractivity contribution in [2.24, 2.45) is 0 Å². The Hall–Kier alpha value is -2.76. The average Bonchev–Trinajstić information content (AvgIpc) is 2.54. The number of halogens is 1. The highest BCUT2D eigenvalue weighted by molar-refractivity contribution is 5.90. The Morgan fingerprint density at radius 2 is 1.88 bits per heavy atom. The third-order valence-electron chi connectivity index (χ3n) is 3.52. The van der Waals surface area contributed by atoms with Crippen LogP contribution >= 0.6 is 0 Å². The maximum atomic E-state index is 13.5. The van der Waals surface area contributed by atoms with Gasteiger partial charge in [0.15, 0.2) is 0 Å². The number of pyridine rings is 1. The molecule has 0 unspecified atom stereocenters. The summed E-state index contributed by atoms with van der Waals surface area (Å²) >= 11 is 0. The lowest BCUT2D eigenvalue weighted by atomic mass is 10.1. The predicted molar refractivity (Wildman–Crippen MR) is 89.9 cm³/mol. The highest BCUT2D eigenvalue weighted by atomic mass is 19.2. The molecule has 6 heteroatoms. The van der Waals surface area contributed by atoms with Crippen LogP contribution in [0.5, 0.6) is 11.5 Å². The molecule has 0 aliphatic carbocycles. The molecule has 0 amide bonds. The lowest BCUT2D eigenvalue weighted by Gasteiger charge is -2.16. The summed E-state index contributed by atoms with van der Waals surface area (Å²) in [5.41, 5.74) is 3.21. The first-order valence-corrected chi connectivity index (χ1v) is 7.51. The second kappa shape index (κ2) is 6.03. The molecule has 0 saturated carbocycles. The second-order valence-corrected chi connectivity index (χ2v) is 5.88. The van der Waals surface area contributed by atoms with E-state index in [1.54, 1.807) is 19.2 Å². The molecule has 0 bridgehead atoms. The fourth-order valence-electron chi connectivity index (χ4n) is 2.45. The lowest BCUT2D eigenvalue weighted by molar-refractivity contribution is -0.0259. The first-order chi connectivity index (χ1) is 11.4. The summed E-state index contributed by atoms with van der Waals surface area (Å²) in [7, 11) is 1.60. The van der Waals surface area contributed by atoms with E-state index in [1.807, 2.05) is 19.1 Å². The van der Waals surface area contributed by atoms with Crippen LogP contribution in [0.2, 0.25) is 0 Å². The van der Waals surface area contributed by atoms with E-state index in [1.165, 1.54) is 26.4 Å². The van der Waals surface area contributed by atoms with Gasteiger partial charge in [0.05, 0.1) is 19.0 Å². The first-order valence-electron chi connectivity index (χ1n) is 7.51. The molecule has 0 aliphatic rings. The number of ether oxygens (including phenoxy) is 2. The Balaban J connectivity index is 2.04. The molecular weight excluding hydrogens is 309 g/mol. The van der Waals surface area contributed by atoms with E-state index in [0.29, 0.717) is 11.5 Å². The van der Waals surface area contributed by atoms with Gasteiger partial charge in [0, 0.05) is 30.5 Å². The number of hydrogen-bond acceptors (Lipinski definition) is 5. The molecule has 0 aliphatic heterocycles. The minimum absolute atomic E-state index is 0.374. The fourth-order valence-corrected chi connectivity index (χ4v) is 2.45. The molecule has 0 fully saturated rings. The van der Waals surface area contributed by atoms with Crippen molar-refractivity contribution >= 4 is 10.9 Å². The number of fused-ring (bicyclic) bond motifs is 1. The zero-order valence-corrected chi connectivity index (χ0v) is 14.0. The standard InChI is InChI=1S/C18H18FN3O2/c1-11-14-7-12(8-16(23-4)17(14)22-10-21-11)15-6-5-13(9-20-15)24-18(2,3)19/h5-10H,1-4H3. The van der Waals surface area contributed by atoms with E-state index >= 15 is 0 Å². The molecule has 2 heterocycles. The highest BCUT2D eigenvalue weighted by Crippen LogP contribution is 2.32. The Kier molecular flexibility index (Phi) is 4.05. The Morgan fingerprint density at radius 1 is 1.08 bits per heavy atom. The van der Waals surface area contributed by atoms with Gasteiger partial charge in [-0.3, -0.25) is 4.98 Å². The zero-order chi connectivity index (χ0) is 17.3. The summed E-state index contributed by atoms with van der Waals surface area (Å²) in [6.07, 6.45) is 3.02. The molecule has 0 spiro atoms. The maximum absolute atomic E-state index is 13.5. The molecule has 2 aromatic heterocycles. The van der Waals surface area contributed by atoms with E-state index in [2.05, 4.69) is 15.0 Å². The first kappa shape index (κ1) is 16.1. The van der Waals surface area contributed by atoms with E-state index in [4.69, 9.17) is 9.47 Å². The normalized spacial score (nSPS) is 11.5. The third kappa shape index (κ3) is 3.27. The van der Waals surface area contributed by atoms with Crippen LogP contribution in [0.3, 0.4) is 0 Å². The molecule has 0 saturated heterocycles. The largest absolute Gasteiger partial charge is 0.494 e. The van der Waals surface area contributed by atoms with Gasteiger partial charge in [-0.1, -0.05) is 0 Å². The zero-order valence-electron chi connectivity index (χ0n) is 14.0. The van der Waals surface area contributed by atoms with Crippen LogP contribution in [-0.2, 0) is 0 Å². The van der Waals surface area contributed by atoms with Gasteiger partial charge in [-0.05, 0) is 31.2 Å². The summed E-state index contributed by atoms with van der Waals surface area (Å²) < 4.78 is 24.1. The maximum Gasteiger partial charge on any atom is 0.242 e. The van der Waals surface area contributed by atoms with Gasteiger partial charge in [0.2, 0.25) is 5.85 Å². The van der Waals surface area contributed by atoms with Crippen molar-refractivity contribution in [3.63, 3.8) is 0 Å². The number of alkyl halides is 1. The van der Waals surface area contributed by atoms with Crippen molar-refractivity contribution in [1.82, 2.24) is 15.0 Å². The van der Waals surface area contributed by atoms with Gasteiger partial charge >= 0.3 is 0 Å². The molecular formula is C18H18FN3O2. The topological polar surface area (TPSA) is 57.1 Å². The van der Waals surface area contributed by atoms with E-state index in [9.17, 15) is 4.39 Å². The number of aryl methyl sites for hydroxylation is 1. The van der Waals surface area contributed by atoms with Crippen LogP contribution in [0.1, 0.15) is 19.5 Å². The molecule has 3 rings (SSSR count). The van der Waals surface area contributed by atoms with Crippen molar-refractivity contribution in [2.75, 3.05) is 7.11 Å². The lowest BCUT2D eigenvalue weighted by Crippen LogP contribution is -2.21. The summed E-state index contributed by atoms with van der Waals surface area (Å²) in [5, 5.41) is 0.902. The monoisotopic (exact) mass is 327 g/mol. The van der Waals surface area contributed by atoms with Crippen molar-refractivity contribution in [3.05, 3.63) is 42.5 Å². The second-order valence-electron chi connectivity index (χ2n) is 5.88. The smallest absolute Gasteiger partial charge is 0.242 e. The fraction of sp³-hybridized carbons (Fsp3) is 0.278. The SMILES string of the molecule is COc1cc(-c2ccc(OC(C)(C)F)cn2)cc2c(C)ncnc12. The Morgan fingerprint density at radius 3 is 2.50 bits per heavy atom. The molecule has 3 aromatic rings. The minimum Gasteiger partial charge on any atom is -0.494 e. The van der Waals surface area contributed by atoms with Gasteiger partial charge in [0.1, 0.15) is 23.3 Å². The molecule has 0 N–H and O–H groups in total. The highest BCUT2D eigenvalue weighted by Gasteiger charge is 2.17. The Labute approximate surface area is 139 Å². The van der Waals surface area contributed by atoms with Crippen LogP contribution in [0, 0.1) is 6.92 Å². The molecule has 1 aromatic carbocycles. The average molecular weight is 327 g/mol. The third-order valence-corrected chi connectivity index (χ3v) is 3.52. The number of methoxy groups -OCH3 is 1. The van der Waals surface area contributed by atoms with Gasteiger partial charge in [-0.2, -0.15) is 4.39 Å². The summed E-state index contributed by atoms with van der Waals surface area (Å²) in [4.78, 5) is 12.9. The van der Waals surface area contributed by atoms with Gasteiger partial charge in [0.25, 0.3) is 0 Å². The molecule has 0 atom stereocenters. The summed E-state index contributed by atoms with van der Waals surface area (Å²) in [6, 6.07) is 7.31. The van der Waals surface area contributed by atoms with Gasteiger partial charge in [-0.25, -0.2) is 9.97 Å². The number of rotatable bonds is 4. The summed E-state index contributed by atoms with van der Waals surface area (Å²) in [5.74, 6) is -0.720. The molecule has 124 valence electrons. The quantitative estimate of drug-likeness (QED) is 0.722. The summed E-state index contributed by atoms with van der Waals surface area (Å²) in [6.45, 7) is 4.61. The molecule has 0 radical (unpaired) electrons. The van der Waals surface area contributed by atoms with Crippen molar-refractivity contribution in [2.45, 2.75) is 26.6 Å². The van der Waals surface area contributed by atoms with E-state index < -0.39 is 5.85 Å². The van der Waals surface area contributed by atoms with Crippen LogP contribution in [0.25, 0.3) is 22.2 Å². The molecule has 5 nitrogen and oxygen atoms in total. The number of benzene rings is 1. The number of nitrogens with zero attached hydrogens (tertiary/aromatic N) is 3. The van der Waals surface area contributed by atoms with Gasteiger partial charge in [-0.15, -0.1) is 0 Å². The van der Waals surface area contributed by atoms with Crippen molar-refractivity contribution in [1.29, 1.82) is 0 Å². The minimum atomic E-state index is -1.75. The van der Waals surface area contributed by atoms with Gasteiger partial charge < -0.3 is 9.47 Å². The number of hydrogen-bond donors (Lipinski definition) is 0. The predicted octanol–water partition coefficient (Wildman–Crippen LogP) is 4.09. The Bertz CT molecular complexity index is 874. The van der Waals surface area contributed by atoms with Crippen LogP contribution in [0.4, 0.5) is 4.39 Å². The van der Waals surface area contributed by atoms with E-state index in [0.717, 1.165) is 27.9 Å². The molecule has 24 heavy (non-hydrogen) atoms. The van der Waals surface area contributed by atoms with Crippen LogP contribution in [-0.4, -0.2) is 27.9 Å².